The summed E-state index contributed by atoms with van der Waals surface area (Å²) in [5.74, 6) is -2.18. The Kier molecular flexibility index (Phi) is 22.0. The predicted octanol–water partition coefficient (Wildman–Crippen LogP) is 7.81. The van der Waals surface area contributed by atoms with Gasteiger partial charge in [0, 0.05) is 89.3 Å². The van der Waals surface area contributed by atoms with Gasteiger partial charge >= 0.3 is 6.36 Å². The molecular formula is C59H75F3N10O9S. The lowest BCUT2D eigenvalue weighted by molar-refractivity contribution is -0.274. The molecule has 23 heteroatoms. The third-order valence-electron chi connectivity index (χ3n) is 14.6. The highest BCUT2D eigenvalue weighted by Crippen LogP contribution is 2.31. The zero-order valence-electron chi connectivity index (χ0n) is 47.0. The normalized spacial score (nSPS) is 16.1. The smallest absolute Gasteiger partial charge is 0.474 e. The average Bonchev–Trinajstić information content (AvgIpc) is 4.36. The number of carbonyl (C=O) groups excluding carboxylic acids is 6. The van der Waals surface area contributed by atoms with Crippen LogP contribution in [0.2, 0.25) is 0 Å². The van der Waals surface area contributed by atoms with Gasteiger partial charge in [-0.3, -0.25) is 28.8 Å². The van der Waals surface area contributed by atoms with Crippen LogP contribution in [0.4, 0.5) is 13.2 Å². The van der Waals surface area contributed by atoms with Gasteiger partial charge in [0.2, 0.25) is 35.4 Å². The number of aryl methyl sites for hydroxylation is 2. The first-order valence-corrected chi connectivity index (χ1v) is 28.9. The largest absolute Gasteiger partial charge is 0.573 e. The number of imidazole rings is 1. The third-order valence-corrected chi connectivity index (χ3v) is 15.5. The monoisotopic (exact) mass is 1160 g/mol. The predicted molar refractivity (Wildman–Crippen MR) is 302 cm³/mol. The van der Waals surface area contributed by atoms with Crippen LogP contribution in [-0.2, 0) is 43.5 Å². The minimum absolute atomic E-state index is 0.00126. The molecule has 6 amide bonds. The Morgan fingerprint density at radius 2 is 1.50 bits per heavy atom. The first kappa shape index (κ1) is 62.2. The molecule has 2 aliphatic rings. The van der Waals surface area contributed by atoms with Crippen molar-refractivity contribution >= 4 is 46.8 Å². The Hall–Kier alpha value is -7.40. The lowest BCUT2D eigenvalue weighted by atomic mass is 9.85. The lowest BCUT2D eigenvalue weighted by Crippen LogP contribution is -2.57. The van der Waals surface area contributed by atoms with Crippen LogP contribution in [0.3, 0.4) is 0 Å². The highest BCUT2D eigenvalue weighted by molar-refractivity contribution is 7.13. The van der Waals surface area contributed by atoms with Gasteiger partial charge < -0.3 is 50.6 Å². The summed E-state index contributed by atoms with van der Waals surface area (Å²) < 4.78 is 49.4. The van der Waals surface area contributed by atoms with Gasteiger partial charge in [0.05, 0.1) is 40.6 Å². The molecule has 2 aliphatic heterocycles. The van der Waals surface area contributed by atoms with Gasteiger partial charge in [-0.15, -0.1) is 24.5 Å². The van der Waals surface area contributed by atoms with E-state index in [2.05, 4.69) is 35.6 Å². The number of nitrogens with one attached hydrogen (secondary N) is 3. The molecule has 19 nitrogen and oxygen atoms in total. The van der Waals surface area contributed by atoms with E-state index in [0.29, 0.717) is 68.7 Å². The number of thiazole rings is 1. The van der Waals surface area contributed by atoms with E-state index in [-0.39, 0.29) is 79.3 Å². The molecule has 2 saturated heterocycles. The maximum Gasteiger partial charge on any atom is 0.573 e. The van der Waals surface area contributed by atoms with Gasteiger partial charge in [-0.1, -0.05) is 82.9 Å². The average molecular weight is 1160 g/mol. The Balaban J connectivity index is 0.728. The quantitative estimate of drug-likeness (QED) is 0.0316. The molecule has 442 valence electrons. The summed E-state index contributed by atoms with van der Waals surface area (Å²) in [6.07, 6.45) is 7.29. The van der Waals surface area contributed by atoms with E-state index >= 15 is 0 Å². The molecule has 2 fully saturated rings. The number of primary amides is 1. The van der Waals surface area contributed by atoms with E-state index in [1.807, 2.05) is 68.2 Å². The fourth-order valence-electron chi connectivity index (χ4n) is 10.00. The Morgan fingerprint density at radius 1 is 0.829 bits per heavy atom. The van der Waals surface area contributed by atoms with Crippen molar-refractivity contribution in [2.45, 2.75) is 161 Å². The van der Waals surface area contributed by atoms with Gasteiger partial charge in [0.1, 0.15) is 29.5 Å². The number of benzene rings is 2. The van der Waals surface area contributed by atoms with E-state index < -0.39 is 41.8 Å². The molecule has 0 aliphatic carbocycles. The number of piperidine rings is 1. The molecule has 0 radical (unpaired) electrons. The van der Waals surface area contributed by atoms with Crippen molar-refractivity contribution in [3.05, 3.63) is 101 Å². The highest BCUT2D eigenvalue weighted by Gasteiger charge is 2.44. The molecule has 5 heterocycles. The number of aliphatic hydroxyl groups excluding tert-OH is 1. The first-order valence-electron chi connectivity index (χ1n) is 28.0. The van der Waals surface area contributed by atoms with E-state index in [0.717, 1.165) is 66.6 Å². The fourth-order valence-corrected chi connectivity index (χ4v) is 10.8. The van der Waals surface area contributed by atoms with E-state index in [9.17, 15) is 47.0 Å². The molecular weight excluding hydrogens is 1080 g/mol. The number of alkyl halides is 3. The maximum atomic E-state index is 14.0. The Labute approximate surface area is 480 Å². The number of hydrogen-bond donors (Lipinski definition) is 5. The standard InChI is InChI=1S/C59H75F3N10O9S/c1-38-52(82-37-68-38)41-19-15-40(16-20-41)32-65-55(78)48-31-43(73)34-72(48)57(79)53(58(2,3)4)69-50(75)14-10-8-6-5-7-9-13-49(74)64-25-11-12-26-70-35-47(67-36-70)42-30-46(54(63)77)56(66-33-42)80-44-23-27-71(28-24-44)51(76)29-39-17-21-45(22-18-39)81-59(60,61)62/h15-22,30,33,35-37,43-44,48,53,73H,5-14,23-29,31-32,34H2,1-4H3,(H2,63,77)(H,64,74)(H,65,78)(H,69,75)/t43-,48+,53-/m1/s1. The number of ether oxygens (including phenoxy) is 2. The number of rotatable bonds is 27. The second kappa shape index (κ2) is 29.0. The van der Waals surface area contributed by atoms with Crippen molar-refractivity contribution in [2.75, 3.05) is 26.2 Å². The maximum absolute atomic E-state index is 14.0. The van der Waals surface area contributed by atoms with Crippen LogP contribution in [-0.4, -0.2) is 127 Å². The van der Waals surface area contributed by atoms with Crippen LogP contribution in [0.25, 0.3) is 21.7 Å². The van der Waals surface area contributed by atoms with Crippen molar-refractivity contribution in [1.82, 2.24) is 45.3 Å². The second-order valence-corrected chi connectivity index (χ2v) is 23.0. The van der Waals surface area contributed by atoms with Crippen molar-refractivity contribution in [3.8, 4) is 33.3 Å². The lowest BCUT2D eigenvalue weighted by Gasteiger charge is -2.35. The number of aromatic nitrogens is 4. The topological polar surface area (TPSA) is 253 Å². The number of aliphatic hydroxyl groups is 1. The zero-order valence-corrected chi connectivity index (χ0v) is 47.8. The summed E-state index contributed by atoms with van der Waals surface area (Å²) in [5.41, 5.74) is 11.6. The molecule has 0 saturated carbocycles. The number of hydrogen-bond acceptors (Lipinski definition) is 13. The summed E-state index contributed by atoms with van der Waals surface area (Å²) in [4.78, 5) is 96.0. The molecule has 3 atom stereocenters. The van der Waals surface area contributed by atoms with Crippen molar-refractivity contribution in [3.63, 3.8) is 0 Å². The number of carbonyl (C=O) groups is 6. The van der Waals surface area contributed by atoms with Gasteiger partial charge in [0.15, 0.2) is 0 Å². The molecule has 82 heavy (non-hydrogen) atoms. The molecule has 5 aromatic rings. The number of pyridine rings is 1. The minimum atomic E-state index is -4.80. The first-order chi connectivity index (χ1) is 39.1. The number of β-amino-alcohol motifs (C(OH)–C–C–N with tert-alkyl or cyclic N) is 1. The molecule has 7 rings (SSSR count). The SMILES string of the molecule is Cc1ncsc1-c1ccc(CNC(=O)[C@@H]2C[C@@H](O)CN2C(=O)[C@@H](NC(=O)CCCCCCCCC(=O)NCCCCn2cnc(-c3cnc(OC4CCN(C(=O)Cc5ccc(OC(F)(F)F)cc5)CC4)c(C(N)=O)c3)c2)C(C)(C)C)cc1. The number of nitrogens with zero attached hydrogens (tertiary/aromatic N) is 6. The Morgan fingerprint density at radius 3 is 2.15 bits per heavy atom. The van der Waals surface area contributed by atoms with Crippen LogP contribution < -0.4 is 31.2 Å². The van der Waals surface area contributed by atoms with Crippen molar-refractivity contribution in [2.24, 2.45) is 11.1 Å². The molecule has 0 bridgehead atoms. The zero-order chi connectivity index (χ0) is 59.0. The number of halogens is 3. The van der Waals surface area contributed by atoms with E-state index in [1.54, 1.807) is 34.8 Å². The number of amides is 6. The second-order valence-electron chi connectivity index (χ2n) is 22.1. The van der Waals surface area contributed by atoms with E-state index in [1.165, 1.54) is 29.2 Å². The van der Waals surface area contributed by atoms with E-state index in [4.69, 9.17) is 10.5 Å². The molecule has 2 aromatic carbocycles. The summed E-state index contributed by atoms with van der Waals surface area (Å²) in [5, 5.41) is 19.5. The number of unbranched alkanes of at least 4 members (excludes halogenated alkanes) is 6. The Bertz CT molecular complexity index is 2960. The summed E-state index contributed by atoms with van der Waals surface area (Å²) in [6, 6.07) is 12.9. The van der Waals surface area contributed by atoms with Gasteiger partial charge in [0.25, 0.3) is 5.91 Å². The van der Waals surface area contributed by atoms with Gasteiger partial charge in [-0.05, 0) is 72.9 Å². The fraction of sp³-hybridized carbons (Fsp3) is 0.508. The van der Waals surface area contributed by atoms with Gasteiger partial charge in [-0.2, -0.15) is 0 Å². The number of likely N-dealkylation sites (tertiary alicyclic amines) is 2. The van der Waals surface area contributed by atoms with Crippen LogP contribution in [0.5, 0.6) is 11.6 Å². The minimum Gasteiger partial charge on any atom is -0.474 e. The molecule has 6 N–H and O–H groups in total. The summed E-state index contributed by atoms with van der Waals surface area (Å²) in [6.45, 7) is 9.76. The van der Waals surface area contributed by atoms with Crippen LogP contribution >= 0.6 is 11.3 Å². The van der Waals surface area contributed by atoms with Crippen molar-refractivity contribution in [1.29, 1.82) is 0 Å². The van der Waals surface area contributed by atoms with Gasteiger partial charge in [-0.25, -0.2) is 15.0 Å². The van der Waals surface area contributed by atoms with Crippen LogP contribution in [0.1, 0.15) is 131 Å². The molecule has 0 spiro atoms. The summed E-state index contributed by atoms with van der Waals surface area (Å²) >= 11 is 1.57. The van der Waals surface area contributed by atoms with Crippen LogP contribution in [0.15, 0.2) is 78.8 Å². The molecule has 0 unspecified atom stereocenters. The van der Waals surface area contributed by atoms with Crippen LogP contribution in [0, 0.1) is 12.3 Å². The third kappa shape index (κ3) is 18.6. The number of nitrogens with two attached hydrogens (primary N) is 1. The molecule has 3 aromatic heterocycles. The van der Waals surface area contributed by atoms with Crippen molar-refractivity contribution < 1.29 is 56.5 Å². The highest BCUT2D eigenvalue weighted by atomic mass is 32.1. The summed E-state index contributed by atoms with van der Waals surface area (Å²) in [7, 11) is 0.